The Hall–Kier alpha value is -12.4. The summed E-state index contributed by atoms with van der Waals surface area (Å²) in [7, 11) is 0. The zero-order valence-corrected chi connectivity index (χ0v) is 67.6. The van der Waals surface area contributed by atoms with Gasteiger partial charge in [-0.25, -0.2) is 4.39 Å². The van der Waals surface area contributed by atoms with Gasteiger partial charge in [-0.2, -0.15) is 13.2 Å². The molecule has 0 spiro atoms. The van der Waals surface area contributed by atoms with Gasteiger partial charge in [-0.3, -0.25) is 19.2 Å². The van der Waals surface area contributed by atoms with Gasteiger partial charge in [0.25, 0.3) is 23.6 Å². The Morgan fingerprint density at radius 1 is 0.311 bits per heavy atom. The van der Waals surface area contributed by atoms with Crippen LogP contribution in [0.15, 0.2) is 291 Å². The van der Waals surface area contributed by atoms with Crippen molar-refractivity contribution in [3.63, 3.8) is 0 Å². The number of rotatable bonds is 8. The van der Waals surface area contributed by atoms with Crippen LogP contribution in [0.2, 0.25) is 20.1 Å². The molecule has 0 bridgehead atoms. The molecule has 20 heteroatoms. The molecule has 0 radical (unpaired) electrons. The molecule has 16 aromatic rings. The summed E-state index contributed by atoms with van der Waals surface area (Å²) < 4.78 is 53.0. The van der Waals surface area contributed by atoms with Gasteiger partial charge in [0.2, 0.25) is 0 Å². The third-order valence-electron chi connectivity index (χ3n) is 23.0. The van der Waals surface area contributed by atoms with Crippen molar-refractivity contribution in [1.82, 2.24) is 39.5 Å². The van der Waals surface area contributed by atoms with E-state index < -0.39 is 23.7 Å². The largest absolute Gasteiger partial charge is 0.416 e. The van der Waals surface area contributed by atoms with E-state index in [1.54, 1.807) is 17.0 Å². The van der Waals surface area contributed by atoms with Crippen LogP contribution < -0.4 is 0 Å². The smallest absolute Gasteiger partial charge is 0.356 e. The number of para-hydroxylation sites is 4. The Morgan fingerprint density at radius 2 is 0.588 bits per heavy atom. The van der Waals surface area contributed by atoms with Crippen LogP contribution in [-0.4, -0.2) is 89.3 Å². The van der Waals surface area contributed by atoms with E-state index >= 15 is 0 Å². The van der Waals surface area contributed by atoms with Crippen molar-refractivity contribution >= 4 is 114 Å². The maximum Gasteiger partial charge on any atom is 0.416 e. The molecule has 4 aliphatic rings. The van der Waals surface area contributed by atoms with E-state index in [4.69, 9.17) is 46.4 Å². The molecule has 12 nitrogen and oxygen atoms in total. The molecular weight excluding hydrogens is 1580 g/mol. The average Bonchev–Trinajstić information content (AvgIpc) is 1.66. The third-order valence-corrected chi connectivity index (χ3v) is 24.0. The van der Waals surface area contributed by atoms with Crippen LogP contribution in [0.5, 0.6) is 0 Å². The van der Waals surface area contributed by atoms with Gasteiger partial charge in [0.15, 0.2) is 0 Å². The summed E-state index contributed by atoms with van der Waals surface area (Å²) in [6.45, 7) is 6.36. The molecule has 4 unspecified atom stereocenters. The first-order chi connectivity index (χ1) is 57.7. The van der Waals surface area contributed by atoms with Crippen molar-refractivity contribution in [3.05, 3.63) is 423 Å². The first-order valence-electron chi connectivity index (χ1n) is 39.4. The van der Waals surface area contributed by atoms with Gasteiger partial charge in [0.05, 0.1) is 29.7 Å². The number of carbonyl (C=O) groups is 4. The lowest BCUT2D eigenvalue weighted by Crippen LogP contribution is -2.40. The summed E-state index contributed by atoms with van der Waals surface area (Å²) in [6.07, 6.45) is -1.48. The molecule has 4 N–H and O–H groups in total. The van der Waals surface area contributed by atoms with Crippen LogP contribution in [0.4, 0.5) is 17.6 Å². The van der Waals surface area contributed by atoms with E-state index in [1.807, 2.05) is 211 Å². The maximum absolute atomic E-state index is 13.5. The Morgan fingerprint density at radius 3 is 0.891 bits per heavy atom. The minimum Gasteiger partial charge on any atom is -0.356 e. The number of amides is 4. The number of hydrogen-bond acceptors (Lipinski definition) is 4. The van der Waals surface area contributed by atoms with Gasteiger partial charge >= 0.3 is 6.18 Å². The predicted octanol–water partition coefficient (Wildman–Crippen LogP) is 24.2. The number of aromatic nitrogens is 4. The van der Waals surface area contributed by atoms with Crippen LogP contribution in [0.1, 0.15) is 150 Å². The SMILES string of the molecule is Cc1ccc(C(=O)N2CCc3c([nH]c4ccccc34)C2c2ccc(Cl)cc2)cc1.Cc1cccc(C(=O)N2CCc3c([nH]c4ccccc34)C2c2ccc(Cl)cc2)c1.O=C(c1ccc(F)cc1)N1CCc2c([nH]c3ccccc23)C1c1ccc(Cl)cc1.O=C(c1cccc(C(F)(F)F)c1)N1CCc2c([nH]c3ccccc23)C1c1ccc(Cl)cc1. The number of carbonyl (C=O) groups excluding carboxylic acids is 4. The predicted molar refractivity (Wildman–Crippen MR) is 466 cm³/mol. The highest BCUT2D eigenvalue weighted by Crippen LogP contribution is 2.45. The molecule has 594 valence electrons. The topological polar surface area (TPSA) is 144 Å². The van der Waals surface area contributed by atoms with Crippen molar-refractivity contribution in [2.75, 3.05) is 26.2 Å². The molecule has 0 aliphatic carbocycles. The van der Waals surface area contributed by atoms with Crippen LogP contribution >= 0.6 is 46.4 Å². The lowest BCUT2D eigenvalue weighted by molar-refractivity contribution is -0.137. The molecule has 12 aromatic carbocycles. The van der Waals surface area contributed by atoms with Crippen molar-refractivity contribution in [2.45, 2.75) is 69.9 Å². The summed E-state index contributed by atoms with van der Waals surface area (Å²) in [6, 6.07) is 88.1. The molecule has 8 heterocycles. The fourth-order valence-corrected chi connectivity index (χ4v) is 17.9. The summed E-state index contributed by atoms with van der Waals surface area (Å²) in [5.74, 6) is -0.811. The zero-order chi connectivity index (χ0) is 82.3. The molecule has 0 saturated heterocycles. The molecule has 20 rings (SSSR count). The first kappa shape index (κ1) is 79.0. The second kappa shape index (κ2) is 33.5. The van der Waals surface area contributed by atoms with Gasteiger partial charge in [-0.05, 0) is 224 Å². The van der Waals surface area contributed by atoms with E-state index in [2.05, 4.69) is 68.5 Å². The number of halogens is 8. The summed E-state index contributed by atoms with van der Waals surface area (Å²) >= 11 is 24.5. The molecule has 119 heavy (non-hydrogen) atoms. The first-order valence-corrected chi connectivity index (χ1v) is 40.9. The number of alkyl halides is 3. The number of nitrogens with zero attached hydrogens (tertiary/aromatic N) is 4. The second-order valence-corrected chi connectivity index (χ2v) is 32.1. The summed E-state index contributed by atoms with van der Waals surface area (Å²) in [5, 5.41) is 7.36. The Kier molecular flexibility index (Phi) is 22.3. The van der Waals surface area contributed by atoms with Gasteiger partial charge in [0, 0.05) is 135 Å². The highest BCUT2D eigenvalue weighted by atomic mass is 35.5. The van der Waals surface area contributed by atoms with E-state index in [0.29, 0.717) is 63.8 Å². The number of nitrogens with one attached hydrogen (secondary N) is 4. The van der Waals surface area contributed by atoms with E-state index in [9.17, 15) is 36.7 Å². The summed E-state index contributed by atoms with van der Waals surface area (Å²) in [5.41, 5.74) is 20.6. The van der Waals surface area contributed by atoms with Crippen molar-refractivity contribution in [1.29, 1.82) is 0 Å². The number of aromatic amines is 4. The zero-order valence-electron chi connectivity index (χ0n) is 64.6. The number of H-pyrrole nitrogens is 4. The van der Waals surface area contributed by atoms with Crippen molar-refractivity contribution in [2.24, 2.45) is 0 Å². The second-order valence-electron chi connectivity index (χ2n) is 30.4. The van der Waals surface area contributed by atoms with Crippen LogP contribution in [0, 0.1) is 19.7 Å². The van der Waals surface area contributed by atoms with Gasteiger partial charge in [-0.1, -0.05) is 209 Å². The Balaban J connectivity index is 0.000000114. The Labute approximate surface area is 704 Å². The van der Waals surface area contributed by atoms with Gasteiger partial charge in [0.1, 0.15) is 5.82 Å². The molecular formula is C99H78Cl4F4N8O4. The molecule has 0 saturated carbocycles. The normalized spacial score (nSPS) is 16.1. The lowest BCUT2D eigenvalue weighted by atomic mass is 9.91. The molecule has 4 amide bonds. The van der Waals surface area contributed by atoms with Crippen molar-refractivity contribution < 1.29 is 36.7 Å². The number of benzene rings is 12. The average molecular weight is 1660 g/mol. The van der Waals surface area contributed by atoms with Gasteiger partial charge in [-0.15, -0.1) is 0 Å². The van der Waals surface area contributed by atoms with Crippen LogP contribution in [0.3, 0.4) is 0 Å². The maximum atomic E-state index is 13.5. The van der Waals surface area contributed by atoms with E-state index in [-0.39, 0.29) is 47.2 Å². The molecule has 4 atom stereocenters. The fraction of sp³-hybridized carbons (Fsp3) is 0.152. The number of fused-ring (bicyclic) bond motifs is 12. The quantitative estimate of drug-likeness (QED) is 0.112. The van der Waals surface area contributed by atoms with Crippen LogP contribution in [0.25, 0.3) is 43.6 Å². The third kappa shape index (κ3) is 16.1. The minimum absolute atomic E-state index is 0.0124. The molecule has 0 fully saturated rings. The highest BCUT2D eigenvalue weighted by Gasteiger charge is 2.41. The molecule has 4 aliphatic heterocycles. The highest BCUT2D eigenvalue weighted by molar-refractivity contribution is 6.31. The fourth-order valence-electron chi connectivity index (χ4n) is 17.4. The van der Waals surface area contributed by atoms with Crippen LogP contribution in [-0.2, 0) is 31.9 Å². The number of hydrogen-bond donors (Lipinski definition) is 4. The summed E-state index contributed by atoms with van der Waals surface area (Å²) in [4.78, 5) is 75.4. The lowest BCUT2D eigenvalue weighted by Gasteiger charge is -2.36. The molecule has 4 aromatic heterocycles. The van der Waals surface area contributed by atoms with Gasteiger partial charge < -0.3 is 39.5 Å². The Bertz CT molecular complexity index is 6290. The number of aryl methyl sites for hydroxylation is 2. The van der Waals surface area contributed by atoms with Crippen molar-refractivity contribution in [3.8, 4) is 0 Å². The van der Waals surface area contributed by atoms with E-state index in [0.717, 1.165) is 126 Å². The van der Waals surface area contributed by atoms with E-state index in [1.165, 1.54) is 69.2 Å². The minimum atomic E-state index is -4.52. The standard InChI is InChI=1S/C25H18ClF3N2O.2C25H21ClN2O.C24H18ClFN2O/c26-18-10-8-15(9-11-18)23-22-20(19-6-1-2-7-21(19)30-22)12-13-31(23)24(32)16-4-3-5-17(14-16)25(27,28)29;1-16-5-4-6-18(15-16)25(29)28-14-13-21-20-7-2-3-8-22(20)27-23(21)24(28)17-9-11-19(26)12-10-17;1-16-6-8-18(9-7-16)25(29)28-15-14-21-20-4-2-3-5-22(20)27-23(21)24(28)17-10-12-19(26)13-11-17;25-17-9-5-15(6-10-17)23-22-20(19-3-1-2-4-21(19)27-22)13-14-28(23)24(29)16-7-11-18(26)12-8-16/h1-11,14,23,30H,12-13H2;2-12,15,24,27H,13-14H2,1H3;2-13,24,27H,14-15H2,1H3;1-12,23,27H,13-14H2. The monoisotopic (exact) mass is 1660 g/mol.